The van der Waals surface area contributed by atoms with E-state index in [2.05, 4.69) is 6.92 Å². The van der Waals surface area contributed by atoms with E-state index in [1.165, 1.54) is 0 Å². The quantitative estimate of drug-likeness (QED) is 0.436. The summed E-state index contributed by atoms with van der Waals surface area (Å²) in [6.07, 6.45) is 1.79. The molecule has 5 heavy (non-hydrogen) atoms. The summed E-state index contributed by atoms with van der Waals surface area (Å²) in [5.74, 6) is 0. The first-order valence-corrected chi connectivity index (χ1v) is 1.78. The van der Waals surface area contributed by atoms with Crippen LogP contribution in [0.4, 0.5) is 0 Å². The summed E-state index contributed by atoms with van der Waals surface area (Å²) in [7, 11) is 0. The fraction of sp³-hybridized carbons (Fsp3) is 0.750. The molecule has 1 heteroatoms. The van der Waals surface area contributed by atoms with Gasteiger partial charge in [-0.2, -0.15) is 0 Å². The minimum absolute atomic E-state index is 0.500. The molecule has 1 saturated carbocycles. The maximum atomic E-state index is 8.52. The van der Waals surface area contributed by atoms with Crippen LogP contribution >= 0.6 is 0 Å². The van der Waals surface area contributed by atoms with Crippen molar-refractivity contribution in [3.8, 4) is 0 Å². The molecular weight excluding hydrogens is 64.0 g/mol. The highest BCUT2D eigenvalue weighted by Gasteiger charge is 2.33. The van der Waals surface area contributed by atoms with Gasteiger partial charge in [-0.1, -0.05) is 0 Å². The van der Waals surface area contributed by atoms with Gasteiger partial charge in [-0.05, 0) is 19.8 Å². The summed E-state index contributed by atoms with van der Waals surface area (Å²) >= 11 is 0. The molecule has 0 aromatic carbocycles. The monoisotopic (exact) mass is 71.0 g/mol. The van der Waals surface area contributed by atoms with Crippen LogP contribution in [0.2, 0.25) is 0 Å². The average Bonchev–Trinajstić information content (AvgIpc) is 1.76. The lowest BCUT2D eigenvalue weighted by atomic mass is 10.4. The zero-order valence-electron chi connectivity index (χ0n) is 3.07. The lowest BCUT2D eigenvalue weighted by Gasteiger charge is -1.86. The first-order chi connectivity index (χ1) is 2.21. The number of hydrogen-bond acceptors (Lipinski definition) is 1. The molecule has 1 radical (unpaired) electrons. The molecule has 0 aromatic heterocycles. The fourth-order valence-electron chi connectivity index (χ4n) is 0.144. The van der Waals surface area contributed by atoms with Gasteiger partial charge in [0.1, 0.15) is 0 Å². The highest BCUT2D eigenvalue weighted by Crippen LogP contribution is 2.32. The molecule has 0 bridgehead atoms. The number of aliphatic hydroxyl groups is 1. The van der Waals surface area contributed by atoms with Gasteiger partial charge < -0.3 is 5.11 Å². The Morgan fingerprint density at radius 3 is 1.80 bits per heavy atom. The van der Waals surface area contributed by atoms with Crippen LogP contribution in [0.1, 0.15) is 12.8 Å². The first-order valence-electron chi connectivity index (χ1n) is 1.78. The molecule has 0 saturated heterocycles. The van der Waals surface area contributed by atoms with Crippen LogP contribution in [0.3, 0.4) is 0 Å². The third-order valence-corrected chi connectivity index (χ3v) is 0.827. The maximum absolute atomic E-state index is 8.52. The summed E-state index contributed by atoms with van der Waals surface area (Å²) < 4.78 is 0. The van der Waals surface area contributed by atoms with Gasteiger partial charge in [0.05, 0.1) is 5.60 Å². The second kappa shape index (κ2) is 0.548. The molecule has 0 aliphatic heterocycles. The van der Waals surface area contributed by atoms with Gasteiger partial charge in [0.25, 0.3) is 0 Å². The van der Waals surface area contributed by atoms with E-state index in [9.17, 15) is 0 Å². The maximum Gasteiger partial charge on any atom is 0.0651 e. The van der Waals surface area contributed by atoms with Crippen molar-refractivity contribution in [3.05, 3.63) is 6.92 Å². The largest absolute Gasteiger partial charge is 0.390 e. The normalized spacial score (nSPS) is 30.0. The Morgan fingerprint density at radius 2 is 1.80 bits per heavy atom. The molecule has 0 atom stereocenters. The van der Waals surface area contributed by atoms with Gasteiger partial charge in [-0.15, -0.1) is 0 Å². The van der Waals surface area contributed by atoms with Crippen LogP contribution in [0.15, 0.2) is 0 Å². The summed E-state index contributed by atoms with van der Waals surface area (Å²) in [6, 6.07) is 0. The third kappa shape index (κ3) is 0.618. The Balaban J connectivity index is 2.38. The number of rotatable bonds is 0. The van der Waals surface area contributed by atoms with E-state index in [4.69, 9.17) is 5.11 Å². The molecule has 0 heterocycles. The standard InChI is InChI=1S/C4H7O/c1-4(5)2-3-4/h5H,1-3H2. The van der Waals surface area contributed by atoms with Gasteiger partial charge in [0, 0.05) is 0 Å². The van der Waals surface area contributed by atoms with Crippen LogP contribution in [0.5, 0.6) is 0 Å². The molecule has 0 aromatic rings. The summed E-state index contributed by atoms with van der Waals surface area (Å²) in [5, 5.41) is 8.52. The highest BCUT2D eigenvalue weighted by atomic mass is 16.3. The van der Waals surface area contributed by atoms with Crippen molar-refractivity contribution in [1.82, 2.24) is 0 Å². The molecule has 1 fully saturated rings. The predicted octanol–water partition coefficient (Wildman–Crippen LogP) is 0.345. The van der Waals surface area contributed by atoms with Crippen LogP contribution in [-0.4, -0.2) is 10.7 Å². The molecule has 29 valence electrons. The average molecular weight is 71.1 g/mol. The van der Waals surface area contributed by atoms with Gasteiger partial charge >= 0.3 is 0 Å². The fourth-order valence-corrected chi connectivity index (χ4v) is 0.144. The second-order valence-corrected chi connectivity index (χ2v) is 1.72. The topological polar surface area (TPSA) is 20.2 Å². The molecule has 0 unspecified atom stereocenters. The molecule has 1 nitrogen and oxygen atoms in total. The highest BCUT2D eigenvalue weighted by molar-refractivity contribution is 4.95. The van der Waals surface area contributed by atoms with Crippen molar-refractivity contribution in [1.29, 1.82) is 0 Å². The Morgan fingerprint density at radius 1 is 1.60 bits per heavy atom. The lowest BCUT2D eigenvalue weighted by molar-refractivity contribution is 0.199. The van der Waals surface area contributed by atoms with Crippen LogP contribution in [0, 0.1) is 6.92 Å². The molecule has 1 rings (SSSR count). The number of hydrogen-bond donors (Lipinski definition) is 1. The van der Waals surface area contributed by atoms with Gasteiger partial charge in [-0.25, -0.2) is 0 Å². The van der Waals surface area contributed by atoms with E-state index in [0.29, 0.717) is 0 Å². The van der Waals surface area contributed by atoms with E-state index >= 15 is 0 Å². The Hall–Kier alpha value is -0.0400. The minimum Gasteiger partial charge on any atom is -0.390 e. The van der Waals surface area contributed by atoms with Crippen molar-refractivity contribution >= 4 is 0 Å². The van der Waals surface area contributed by atoms with E-state index in [1.54, 1.807) is 0 Å². The van der Waals surface area contributed by atoms with Gasteiger partial charge in [-0.3, -0.25) is 0 Å². The van der Waals surface area contributed by atoms with Crippen molar-refractivity contribution in [3.63, 3.8) is 0 Å². The predicted molar refractivity (Wildman–Crippen MR) is 19.5 cm³/mol. The smallest absolute Gasteiger partial charge is 0.0651 e. The summed E-state index contributed by atoms with van der Waals surface area (Å²) in [5.41, 5.74) is -0.500. The Labute approximate surface area is 31.6 Å². The van der Waals surface area contributed by atoms with Crippen molar-refractivity contribution in [2.24, 2.45) is 0 Å². The van der Waals surface area contributed by atoms with Crippen LogP contribution < -0.4 is 0 Å². The van der Waals surface area contributed by atoms with E-state index in [0.717, 1.165) is 12.8 Å². The van der Waals surface area contributed by atoms with E-state index in [-0.39, 0.29) is 0 Å². The first kappa shape index (κ1) is 3.16. The van der Waals surface area contributed by atoms with Crippen LogP contribution in [-0.2, 0) is 0 Å². The zero-order chi connectivity index (χ0) is 3.91. The third-order valence-electron chi connectivity index (χ3n) is 0.827. The SMILES string of the molecule is [CH2]C1(O)CC1. The summed E-state index contributed by atoms with van der Waals surface area (Å²) in [4.78, 5) is 0. The minimum atomic E-state index is -0.500. The van der Waals surface area contributed by atoms with Crippen molar-refractivity contribution < 1.29 is 5.11 Å². The van der Waals surface area contributed by atoms with Crippen LogP contribution in [0.25, 0.3) is 0 Å². The molecule has 1 N–H and O–H groups in total. The lowest BCUT2D eigenvalue weighted by Crippen LogP contribution is -1.95. The molecule has 0 spiro atoms. The Kier molecular flexibility index (Phi) is 0.346. The van der Waals surface area contributed by atoms with Gasteiger partial charge in [0.2, 0.25) is 0 Å². The Bertz CT molecular complexity index is 41.6. The van der Waals surface area contributed by atoms with Crippen molar-refractivity contribution in [2.45, 2.75) is 18.4 Å². The van der Waals surface area contributed by atoms with Gasteiger partial charge in [0.15, 0.2) is 0 Å². The molecule has 1 aliphatic carbocycles. The van der Waals surface area contributed by atoms with E-state index < -0.39 is 5.60 Å². The van der Waals surface area contributed by atoms with E-state index in [1.807, 2.05) is 0 Å². The molecular formula is C4H7O. The van der Waals surface area contributed by atoms with Crippen molar-refractivity contribution in [2.75, 3.05) is 0 Å². The zero-order valence-corrected chi connectivity index (χ0v) is 3.07. The second-order valence-electron chi connectivity index (χ2n) is 1.72. The molecule has 1 aliphatic rings. The summed E-state index contributed by atoms with van der Waals surface area (Å²) in [6.45, 7) is 3.44. The molecule has 0 amide bonds.